The third-order valence-electron chi connectivity index (χ3n) is 4.47. The van der Waals surface area contributed by atoms with Crippen molar-refractivity contribution < 1.29 is 22.3 Å². The summed E-state index contributed by atoms with van der Waals surface area (Å²) in [5.41, 5.74) is 1.76. The normalized spacial score (nSPS) is 14.6. The number of carbonyl (C=O) groups excluding carboxylic acids is 1. The number of nitrogens with zero attached hydrogens (tertiary/aromatic N) is 1. The molecule has 1 heterocycles. The summed E-state index contributed by atoms with van der Waals surface area (Å²) in [5.74, 6) is -0.583. The summed E-state index contributed by atoms with van der Waals surface area (Å²) in [6.45, 7) is 1.42. The quantitative estimate of drug-likeness (QED) is 0.785. The standard InChI is InChI=1S/C19H21FN2O4S/c1-26-18-9-8-16(11-17(18)20)27(24,25)21-12-14-4-6-15(7-5-14)13-22-10-2-3-19(22)23/h4-9,11,21H,2-3,10,12-13H2,1H3. The molecule has 27 heavy (non-hydrogen) atoms. The van der Waals surface area contributed by atoms with Crippen molar-refractivity contribution in [2.45, 2.75) is 30.8 Å². The largest absolute Gasteiger partial charge is 0.494 e. The molecule has 0 spiro atoms. The maximum absolute atomic E-state index is 13.7. The number of amides is 1. The Morgan fingerprint density at radius 1 is 1.15 bits per heavy atom. The minimum atomic E-state index is -3.84. The predicted molar refractivity (Wildman–Crippen MR) is 98.1 cm³/mol. The van der Waals surface area contributed by atoms with Gasteiger partial charge < -0.3 is 9.64 Å². The number of likely N-dealkylation sites (tertiary alicyclic amines) is 1. The fourth-order valence-corrected chi connectivity index (χ4v) is 3.96. The van der Waals surface area contributed by atoms with Crippen molar-refractivity contribution in [1.82, 2.24) is 9.62 Å². The number of halogens is 1. The van der Waals surface area contributed by atoms with Crippen LogP contribution in [0, 0.1) is 5.82 Å². The molecule has 144 valence electrons. The second-order valence-corrected chi connectivity index (χ2v) is 8.12. The summed E-state index contributed by atoms with van der Waals surface area (Å²) in [5, 5.41) is 0. The van der Waals surface area contributed by atoms with Gasteiger partial charge in [-0.2, -0.15) is 0 Å². The molecule has 1 amide bonds. The van der Waals surface area contributed by atoms with E-state index in [1.165, 1.54) is 19.2 Å². The van der Waals surface area contributed by atoms with Crippen LogP contribution in [-0.2, 0) is 27.9 Å². The van der Waals surface area contributed by atoms with Gasteiger partial charge in [0, 0.05) is 26.1 Å². The summed E-state index contributed by atoms with van der Waals surface area (Å²) in [7, 11) is -2.53. The molecule has 0 aromatic heterocycles. The Balaban J connectivity index is 1.62. The summed E-state index contributed by atoms with van der Waals surface area (Å²) in [4.78, 5) is 13.3. The molecule has 0 aliphatic carbocycles. The number of hydrogen-bond donors (Lipinski definition) is 1. The van der Waals surface area contributed by atoms with E-state index in [9.17, 15) is 17.6 Å². The van der Waals surface area contributed by atoms with Crippen LogP contribution >= 0.6 is 0 Å². The Labute approximate surface area is 158 Å². The van der Waals surface area contributed by atoms with Crippen molar-refractivity contribution in [2.24, 2.45) is 0 Å². The molecule has 0 saturated carbocycles. The van der Waals surface area contributed by atoms with Gasteiger partial charge in [-0.05, 0) is 35.7 Å². The smallest absolute Gasteiger partial charge is 0.240 e. The summed E-state index contributed by atoms with van der Waals surface area (Å²) in [6.07, 6.45) is 1.50. The molecule has 2 aromatic rings. The molecule has 2 aromatic carbocycles. The molecule has 1 aliphatic rings. The van der Waals surface area contributed by atoms with Gasteiger partial charge in [0.15, 0.2) is 11.6 Å². The van der Waals surface area contributed by atoms with Crippen LogP contribution < -0.4 is 9.46 Å². The first-order chi connectivity index (χ1) is 12.9. The third kappa shape index (κ3) is 4.64. The Morgan fingerprint density at radius 3 is 2.44 bits per heavy atom. The first-order valence-corrected chi connectivity index (χ1v) is 10.1. The Hall–Kier alpha value is -2.45. The Bertz CT molecular complexity index is 929. The lowest BCUT2D eigenvalue weighted by Gasteiger charge is -2.15. The summed E-state index contributed by atoms with van der Waals surface area (Å²) >= 11 is 0. The van der Waals surface area contributed by atoms with Gasteiger partial charge in [0.2, 0.25) is 15.9 Å². The summed E-state index contributed by atoms with van der Waals surface area (Å²) < 4.78 is 45.6. The van der Waals surface area contributed by atoms with Crippen molar-refractivity contribution in [3.63, 3.8) is 0 Å². The molecule has 3 rings (SSSR count). The van der Waals surface area contributed by atoms with E-state index in [0.717, 1.165) is 30.2 Å². The van der Waals surface area contributed by atoms with Crippen LogP contribution in [0.2, 0.25) is 0 Å². The molecule has 1 N–H and O–H groups in total. The van der Waals surface area contributed by atoms with Crippen LogP contribution in [0.5, 0.6) is 5.75 Å². The van der Waals surface area contributed by atoms with Crippen molar-refractivity contribution in [1.29, 1.82) is 0 Å². The van der Waals surface area contributed by atoms with E-state index in [1.54, 1.807) is 0 Å². The second-order valence-electron chi connectivity index (χ2n) is 6.36. The van der Waals surface area contributed by atoms with E-state index < -0.39 is 15.8 Å². The molecule has 1 saturated heterocycles. The zero-order chi connectivity index (χ0) is 19.4. The monoisotopic (exact) mass is 392 g/mol. The maximum atomic E-state index is 13.7. The number of rotatable bonds is 7. The van der Waals surface area contributed by atoms with Gasteiger partial charge in [-0.3, -0.25) is 4.79 Å². The van der Waals surface area contributed by atoms with E-state index >= 15 is 0 Å². The van der Waals surface area contributed by atoms with E-state index in [2.05, 4.69) is 4.72 Å². The minimum Gasteiger partial charge on any atom is -0.494 e. The molecule has 6 nitrogen and oxygen atoms in total. The number of nitrogens with one attached hydrogen (secondary N) is 1. The highest BCUT2D eigenvalue weighted by molar-refractivity contribution is 7.89. The lowest BCUT2D eigenvalue weighted by atomic mass is 10.1. The fraction of sp³-hybridized carbons (Fsp3) is 0.316. The molecule has 0 unspecified atom stereocenters. The van der Waals surface area contributed by atoms with Crippen LogP contribution in [0.3, 0.4) is 0 Å². The van der Waals surface area contributed by atoms with E-state index in [-0.39, 0.29) is 23.1 Å². The molecule has 0 bridgehead atoms. The van der Waals surface area contributed by atoms with Crippen LogP contribution in [0.25, 0.3) is 0 Å². The average molecular weight is 392 g/mol. The first kappa shape index (κ1) is 19.3. The minimum absolute atomic E-state index is 0.0129. The maximum Gasteiger partial charge on any atom is 0.240 e. The molecule has 1 fully saturated rings. The molecule has 1 aliphatic heterocycles. The van der Waals surface area contributed by atoms with Crippen molar-refractivity contribution in [3.05, 3.63) is 59.4 Å². The van der Waals surface area contributed by atoms with Crippen LogP contribution in [-0.4, -0.2) is 32.9 Å². The Kier molecular flexibility index (Phi) is 5.76. The number of benzene rings is 2. The van der Waals surface area contributed by atoms with Crippen molar-refractivity contribution >= 4 is 15.9 Å². The highest BCUT2D eigenvalue weighted by atomic mass is 32.2. The first-order valence-electron chi connectivity index (χ1n) is 8.58. The number of ether oxygens (including phenoxy) is 1. The van der Waals surface area contributed by atoms with Crippen LogP contribution in [0.4, 0.5) is 4.39 Å². The molecule has 8 heteroatoms. The molecule has 0 radical (unpaired) electrons. The molecular formula is C19H21FN2O4S. The lowest BCUT2D eigenvalue weighted by Crippen LogP contribution is -2.24. The van der Waals surface area contributed by atoms with Gasteiger partial charge in [0.05, 0.1) is 12.0 Å². The molecule has 0 atom stereocenters. The Morgan fingerprint density at radius 2 is 1.85 bits per heavy atom. The van der Waals surface area contributed by atoms with Crippen molar-refractivity contribution in [3.8, 4) is 5.75 Å². The van der Waals surface area contributed by atoms with Gasteiger partial charge in [-0.25, -0.2) is 17.5 Å². The number of sulfonamides is 1. The van der Waals surface area contributed by atoms with Crippen LogP contribution in [0.1, 0.15) is 24.0 Å². The van der Waals surface area contributed by atoms with Gasteiger partial charge in [-0.1, -0.05) is 24.3 Å². The topological polar surface area (TPSA) is 75.7 Å². The zero-order valence-electron chi connectivity index (χ0n) is 14.9. The van der Waals surface area contributed by atoms with Gasteiger partial charge in [-0.15, -0.1) is 0 Å². The fourth-order valence-electron chi connectivity index (χ4n) is 2.93. The number of methoxy groups -OCH3 is 1. The lowest BCUT2D eigenvalue weighted by molar-refractivity contribution is -0.128. The molecular weight excluding hydrogens is 371 g/mol. The average Bonchev–Trinajstić information content (AvgIpc) is 3.06. The zero-order valence-corrected chi connectivity index (χ0v) is 15.8. The summed E-state index contributed by atoms with van der Waals surface area (Å²) in [6, 6.07) is 10.9. The van der Waals surface area contributed by atoms with Gasteiger partial charge >= 0.3 is 0 Å². The number of carbonyl (C=O) groups is 1. The SMILES string of the molecule is COc1ccc(S(=O)(=O)NCc2ccc(CN3CCCC3=O)cc2)cc1F. The third-order valence-corrected chi connectivity index (χ3v) is 5.87. The van der Waals surface area contributed by atoms with Crippen molar-refractivity contribution in [2.75, 3.05) is 13.7 Å². The predicted octanol–water partition coefficient (Wildman–Crippen LogP) is 2.44. The second kappa shape index (κ2) is 8.06. The van der Waals surface area contributed by atoms with Crippen LogP contribution in [0.15, 0.2) is 47.4 Å². The van der Waals surface area contributed by atoms with E-state index in [0.29, 0.717) is 13.0 Å². The van der Waals surface area contributed by atoms with E-state index in [4.69, 9.17) is 4.74 Å². The van der Waals surface area contributed by atoms with Gasteiger partial charge in [0.1, 0.15) is 0 Å². The highest BCUT2D eigenvalue weighted by Gasteiger charge is 2.20. The van der Waals surface area contributed by atoms with Gasteiger partial charge in [0.25, 0.3) is 0 Å². The highest BCUT2D eigenvalue weighted by Crippen LogP contribution is 2.21. The number of hydrogen-bond acceptors (Lipinski definition) is 4. The van der Waals surface area contributed by atoms with E-state index in [1.807, 2.05) is 29.2 Å².